The molecule has 3 nitrogen and oxygen atoms in total. The largest absolute Gasteiger partial charge is 0.312 e. The molecule has 0 unspecified atom stereocenters. The Hall–Kier alpha value is -0.360. The molecule has 2 aliphatic rings. The topological polar surface area (TPSA) is 25.2 Å². The highest BCUT2D eigenvalue weighted by Crippen LogP contribution is 2.35. The molecular weight excluding hydrogens is 303 g/mol. The number of pyridine rings is 1. The SMILES string of the molecule is O=c1cccc2n1C[C@@H]1C[C@@H]2CN(I)C1. The maximum atomic E-state index is 11.7. The first kappa shape index (κ1) is 9.84. The van der Waals surface area contributed by atoms with Crippen LogP contribution in [-0.2, 0) is 6.54 Å². The van der Waals surface area contributed by atoms with Crippen molar-refractivity contribution in [2.45, 2.75) is 18.9 Å². The summed E-state index contributed by atoms with van der Waals surface area (Å²) in [6.07, 6.45) is 1.25. The summed E-state index contributed by atoms with van der Waals surface area (Å²) in [5, 5.41) is 0. The number of aromatic nitrogens is 1. The van der Waals surface area contributed by atoms with Crippen molar-refractivity contribution >= 4 is 22.9 Å². The summed E-state index contributed by atoms with van der Waals surface area (Å²) in [6, 6.07) is 5.67. The number of nitrogens with zero attached hydrogens (tertiary/aromatic N) is 2. The van der Waals surface area contributed by atoms with Gasteiger partial charge >= 0.3 is 0 Å². The molecule has 80 valence electrons. The number of fused-ring (bicyclic) bond motifs is 4. The van der Waals surface area contributed by atoms with E-state index < -0.39 is 0 Å². The predicted octanol–water partition coefficient (Wildman–Crippen LogP) is 1.62. The van der Waals surface area contributed by atoms with Gasteiger partial charge in [-0.05, 0) is 18.4 Å². The second-order valence-electron chi connectivity index (χ2n) is 4.53. The molecule has 2 aliphatic heterocycles. The first-order chi connectivity index (χ1) is 7.24. The average Bonchev–Trinajstić information content (AvgIpc) is 2.19. The molecule has 1 aromatic rings. The number of halogens is 1. The van der Waals surface area contributed by atoms with E-state index in [2.05, 4.69) is 32.0 Å². The van der Waals surface area contributed by atoms with E-state index in [1.807, 2.05) is 10.6 Å². The van der Waals surface area contributed by atoms with Crippen LogP contribution in [0.1, 0.15) is 18.0 Å². The fourth-order valence-electron chi connectivity index (χ4n) is 2.84. The van der Waals surface area contributed by atoms with E-state index in [0.717, 1.165) is 19.6 Å². The highest BCUT2D eigenvalue weighted by molar-refractivity contribution is 14.1. The molecule has 2 bridgehead atoms. The molecule has 0 aliphatic carbocycles. The van der Waals surface area contributed by atoms with E-state index >= 15 is 0 Å². The van der Waals surface area contributed by atoms with Gasteiger partial charge in [-0.3, -0.25) is 4.79 Å². The first-order valence-electron chi connectivity index (χ1n) is 5.34. The van der Waals surface area contributed by atoms with E-state index in [1.165, 1.54) is 12.1 Å². The molecule has 15 heavy (non-hydrogen) atoms. The lowest BCUT2D eigenvalue weighted by Crippen LogP contribution is -2.43. The normalized spacial score (nSPS) is 29.9. The Morgan fingerprint density at radius 2 is 2.13 bits per heavy atom. The van der Waals surface area contributed by atoms with Crippen LogP contribution in [0, 0.1) is 5.92 Å². The van der Waals surface area contributed by atoms with Crippen LogP contribution in [0.5, 0.6) is 0 Å². The van der Waals surface area contributed by atoms with E-state index in [1.54, 1.807) is 6.07 Å². The van der Waals surface area contributed by atoms with Crippen LogP contribution in [0.2, 0.25) is 0 Å². The van der Waals surface area contributed by atoms with Gasteiger partial charge in [0.25, 0.3) is 5.56 Å². The zero-order valence-electron chi connectivity index (χ0n) is 8.40. The quantitative estimate of drug-likeness (QED) is 0.537. The summed E-state index contributed by atoms with van der Waals surface area (Å²) in [7, 11) is 0. The third-order valence-electron chi connectivity index (χ3n) is 3.44. The Kier molecular flexibility index (Phi) is 2.35. The lowest BCUT2D eigenvalue weighted by Gasteiger charge is -2.40. The van der Waals surface area contributed by atoms with Crippen LogP contribution >= 0.6 is 22.9 Å². The molecule has 0 radical (unpaired) electrons. The number of hydrogen-bond donors (Lipinski definition) is 0. The maximum Gasteiger partial charge on any atom is 0.250 e. The molecule has 2 atom stereocenters. The van der Waals surface area contributed by atoms with Gasteiger partial charge in [0, 0.05) is 60.2 Å². The van der Waals surface area contributed by atoms with E-state index in [9.17, 15) is 4.79 Å². The molecule has 1 fully saturated rings. The highest BCUT2D eigenvalue weighted by atomic mass is 127. The third-order valence-corrected chi connectivity index (χ3v) is 4.22. The van der Waals surface area contributed by atoms with Crippen molar-refractivity contribution in [2.24, 2.45) is 5.92 Å². The molecule has 4 heteroatoms. The fraction of sp³-hybridized carbons (Fsp3) is 0.545. The molecule has 0 saturated carbocycles. The van der Waals surface area contributed by atoms with E-state index in [0.29, 0.717) is 11.8 Å². The predicted molar refractivity (Wildman–Crippen MR) is 67.1 cm³/mol. The molecule has 0 N–H and O–H groups in total. The summed E-state index contributed by atoms with van der Waals surface area (Å²) >= 11 is 2.40. The molecule has 0 aromatic carbocycles. The Morgan fingerprint density at radius 3 is 3.00 bits per heavy atom. The minimum Gasteiger partial charge on any atom is -0.312 e. The van der Waals surface area contributed by atoms with Gasteiger partial charge < -0.3 is 4.57 Å². The summed E-state index contributed by atoms with van der Waals surface area (Å²) in [6.45, 7) is 3.11. The summed E-state index contributed by atoms with van der Waals surface area (Å²) in [5.74, 6) is 1.22. The average molecular weight is 316 g/mol. The smallest absolute Gasteiger partial charge is 0.250 e. The first-order valence-corrected chi connectivity index (χ1v) is 6.31. The van der Waals surface area contributed by atoms with Gasteiger partial charge in [0.15, 0.2) is 0 Å². The molecule has 0 spiro atoms. The van der Waals surface area contributed by atoms with E-state index in [-0.39, 0.29) is 5.56 Å². The molecular formula is C11H13IN2O. The van der Waals surface area contributed by atoms with Crippen LogP contribution in [0.3, 0.4) is 0 Å². The zero-order chi connectivity index (χ0) is 10.4. The summed E-state index contributed by atoms with van der Waals surface area (Å²) in [5.41, 5.74) is 1.41. The van der Waals surface area contributed by atoms with Crippen LogP contribution in [0.4, 0.5) is 0 Å². The van der Waals surface area contributed by atoms with Gasteiger partial charge in [-0.2, -0.15) is 0 Å². The lowest BCUT2D eigenvalue weighted by atomic mass is 9.84. The second kappa shape index (κ2) is 3.59. The van der Waals surface area contributed by atoms with Gasteiger partial charge in [-0.1, -0.05) is 6.07 Å². The van der Waals surface area contributed by atoms with Crippen LogP contribution < -0.4 is 5.56 Å². The Labute approximate surface area is 103 Å². The van der Waals surface area contributed by atoms with Crippen molar-refractivity contribution in [3.05, 3.63) is 34.2 Å². The maximum absolute atomic E-state index is 11.7. The van der Waals surface area contributed by atoms with Crippen molar-refractivity contribution in [1.82, 2.24) is 7.68 Å². The van der Waals surface area contributed by atoms with Crippen molar-refractivity contribution in [1.29, 1.82) is 0 Å². The Bertz CT molecular complexity index is 442. The minimum atomic E-state index is 0.170. The lowest BCUT2D eigenvalue weighted by molar-refractivity contribution is 0.209. The number of hydrogen-bond acceptors (Lipinski definition) is 2. The van der Waals surface area contributed by atoms with Gasteiger partial charge in [0.2, 0.25) is 0 Å². The van der Waals surface area contributed by atoms with Crippen LogP contribution in [0.25, 0.3) is 0 Å². The molecule has 1 aromatic heterocycles. The molecule has 0 amide bonds. The fourth-order valence-corrected chi connectivity index (χ4v) is 3.87. The van der Waals surface area contributed by atoms with Crippen molar-refractivity contribution in [3.63, 3.8) is 0 Å². The Balaban J connectivity index is 2.10. The highest BCUT2D eigenvalue weighted by Gasteiger charge is 2.33. The zero-order valence-corrected chi connectivity index (χ0v) is 10.6. The van der Waals surface area contributed by atoms with Gasteiger partial charge in [0.05, 0.1) is 0 Å². The van der Waals surface area contributed by atoms with E-state index in [4.69, 9.17) is 0 Å². The molecule has 3 rings (SSSR count). The van der Waals surface area contributed by atoms with Crippen molar-refractivity contribution in [2.75, 3.05) is 13.1 Å². The van der Waals surface area contributed by atoms with Crippen molar-refractivity contribution in [3.8, 4) is 0 Å². The minimum absolute atomic E-state index is 0.170. The van der Waals surface area contributed by atoms with Crippen molar-refractivity contribution < 1.29 is 0 Å². The molecule has 1 saturated heterocycles. The number of piperidine rings is 1. The van der Waals surface area contributed by atoms with Gasteiger partial charge in [0.1, 0.15) is 0 Å². The summed E-state index contributed by atoms with van der Waals surface area (Å²) in [4.78, 5) is 11.7. The molecule has 3 heterocycles. The Morgan fingerprint density at radius 1 is 1.27 bits per heavy atom. The third kappa shape index (κ3) is 1.63. The monoisotopic (exact) mass is 316 g/mol. The van der Waals surface area contributed by atoms with Gasteiger partial charge in [-0.15, -0.1) is 0 Å². The van der Waals surface area contributed by atoms with Crippen LogP contribution in [-0.4, -0.2) is 20.8 Å². The van der Waals surface area contributed by atoms with Crippen LogP contribution in [0.15, 0.2) is 23.0 Å². The van der Waals surface area contributed by atoms with Gasteiger partial charge in [-0.25, -0.2) is 3.11 Å². The standard InChI is InChI=1S/C11H13IN2O/c12-13-5-8-4-9(7-13)10-2-1-3-11(15)14(10)6-8/h1-3,8-9H,4-7H2/t8-,9-/m1/s1. The summed E-state index contributed by atoms with van der Waals surface area (Å²) < 4.78 is 4.33. The number of rotatable bonds is 0. The second-order valence-corrected chi connectivity index (χ2v) is 5.89.